The fraction of sp³-hybridized carbons (Fsp3) is 0.0455. The molecule has 0 saturated carbocycles. The third-order valence-electron chi connectivity index (χ3n) is 4.25. The van der Waals surface area contributed by atoms with Gasteiger partial charge in [-0.1, -0.05) is 72.8 Å². The zero-order valence-corrected chi connectivity index (χ0v) is 13.3. The van der Waals surface area contributed by atoms with E-state index in [-0.39, 0.29) is 0 Å². The minimum absolute atomic E-state index is 0.977. The van der Waals surface area contributed by atoms with Gasteiger partial charge in [0.1, 0.15) is 0 Å². The Balaban J connectivity index is 1.75. The molecule has 0 radical (unpaired) electrons. The smallest absolute Gasteiger partial charge is 0.0561 e. The first kappa shape index (κ1) is 14.5. The number of nitrogens with one attached hydrogen (secondary N) is 1. The van der Waals surface area contributed by atoms with Crippen LogP contribution in [-0.2, 0) is 0 Å². The van der Waals surface area contributed by atoms with Crippen molar-refractivity contribution < 1.29 is 0 Å². The fourth-order valence-electron chi connectivity index (χ4n) is 3.05. The molecule has 24 heavy (non-hydrogen) atoms. The van der Waals surface area contributed by atoms with E-state index in [0.717, 1.165) is 17.7 Å². The Hall–Kier alpha value is -3.13. The Kier molecular flexibility index (Phi) is 3.95. The Morgan fingerprint density at radius 2 is 1.71 bits per heavy atom. The fourth-order valence-corrected chi connectivity index (χ4v) is 3.05. The molecule has 0 amide bonds. The van der Waals surface area contributed by atoms with Crippen LogP contribution in [0.3, 0.4) is 0 Å². The van der Waals surface area contributed by atoms with Gasteiger partial charge >= 0.3 is 0 Å². The summed E-state index contributed by atoms with van der Waals surface area (Å²) in [6.45, 7) is 0. The maximum Gasteiger partial charge on any atom is 0.0561 e. The molecule has 0 saturated heterocycles. The van der Waals surface area contributed by atoms with Crippen LogP contribution in [0.4, 0.5) is 5.69 Å². The molecule has 1 aliphatic carbocycles. The lowest BCUT2D eigenvalue weighted by molar-refractivity contribution is 1.35. The SMILES string of the molecule is C1=CCC(c2ccc3ccccc3c2/C=N/Nc2ccccc2)=C1. The number of nitrogens with zero attached hydrogens (tertiary/aromatic N) is 1. The third-order valence-corrected chi connectivity index (χ3v) is 4.25. The summed E-state index contributed by atoms with van der Waals surface area (Å²) < 4.78 is 0. The van der Waals surface area contributed by atoms with Crippen molar-refractivity contribution in [1.82, 2.24) is 0 Å². The minimum Gasteiger partial charge on any atom is -0.279 e. The first-order valence-corrected chi connectivity index (χ1v) is 8.14. The molecule has 4 rings (SSSR count). The van der Waals surface area contributed by atoms with E-state index in [4.69, 9.17) is 0 Å². The van der Waals surface area contributed by atoms with E-state index >= 15 is 0 Å². The molecule has 2 nitrogen and oxygen atoms in total. The summed E-state index contributed by atoms with van der Waals surface area (Å²) in [6.07, 6.45) is 9.41. The molecule has 0 heterocycles. The number of para-hydroxylation sites is 1. The first-order valence-electron chi connectivity index (χ1n) is 8.14. The van der Waals surface area contributed by atoms with Crippen LogP contribution < -0.4 is 5.43 Å². The predicted octanol–water partition coefficient (Wildman–Crippen LogP) is 5.63. The molecule has 2 heteroatoms. The number of anilines is 1. The van der Waals surface area contributed by atoms with Gasteiger partial charge in [0, 0.05) is 5.56 Å². The molecule has 1 aliphatic rings. The average Bonchev–Trinajstić information content (AvgIpc) is 3.17. The van der Waals surface area contributed by atoms with Gasteiger partial charge in [-0.2, -0.15) is 5.10 Å². The zero-order valence-electron chi connectivity index (χ0n) is 13.3. The van der Waals surface area contributed by atoms with Gasteiger partial charge in [0.05, 0.1) is 11.9 Å². The molecular formula is C22H18N2. The van der Waals surface area contributed by atoms with Crippen molar-refractivity contribution in [3.8, 4) is 0 Å². The molecule has 0 aliphatic heterocycles. The van der Waals surface area contributed by atoms with E-state index in [1.807, 2.05) is 36.5 Å². The van der Waals surface area contributed by atoms with Crippen LogP contribution in [0.15, 0.2) is 90.1 Å². The van der Waals surface area contributed by atoms with Crippen LogP contribution in [-0.4, -0.2) is 6.21 Å². The van der Waals surface area contributed by atoms with Crippen molar-refractivity contribution in [3.63, 3.8) is 0 Å². The van der Waals surface area contributed by atoms with Gasteiger partial charge in [0.25, 0.3) is 0 Å². The van der Waals surface area contributed by atoms with E-state index in [1.165, 1.54) is 21.9 Å². The molecule has 3 aromatic rings. The van der Waals surface area contributed by atoms with Crippen LogP contribution in [0.2, 0.25) is 0 Å². The van der Waals surface area contributed by atoms with Crippen molar-refractivity contribution in [1.29, 1.82) is 0 Å². The number of rotatable bonds is 4. The summed E-state index contributed by atoms with van der Waals surface area (Å²) in [5.41, 5.74) is 7.83. The molecule has 0 spiro atoms. The van der Waals surface area contributed by atoms with Crippen molar-refractivity contribution in [2.45, 2.75) is 6.42 Å². The molecule has 0 bridgehead atoms. The lowest BCUT2D eigenvalue weighted by Gasteiger charge is -2.11. The number of hydrazone groups is 1. The Labute approximate surface area is 141 Å². The van der Waals surface area contributed by atoms with Gasteiger partial charge in [-0.3, -0.25) is 5.43 Å². The van der Waals surface area contributed by atoms with Crippen LogP contribution in [0.25, 0.3) is 16.3 Å². The Bertz CT molecular complexity index is 950. The van der Waals surface area contributed by atoms with Gasteiger partial charge in [0.15, 0.2) is 0 Å². The highest BCUT2D eigenvalue weighted by Crippen LogP contribution is 2.30. The zero-order chi connectivity index (χ0) is 16.2. The summed E-state index contributed by atoms with van der Waals surface area (Å²) >= 11 is 0. The maximum absolute atomic E-state index is 4.47. The molecule has 0 unspecified atom stereocenters. The predicted molar refractivity (Wildman–Crippen MR) is 103 cm³/mol. The van der Waals surface area contributed by atoms with Crippen molar-refractivity contribution in [3.05, 3.63) is 96.1 Å². The van der Waals surface area contributed by atoms with Gasteiger partial charge in [0.2, 0.25) is 0 Å². The molecule has 3 aromatic carbocycles. The molecule has 0 fully saturated rings. The van der Waals surface area contributed by atoms with Crippen molar-refractivity contribution >= 4 is 28.2 Å². The van der Waals surface area contributed by atoms with Gasteiger partial charge in [-0.05, 0) is 40.5 Å². The second-order valence-corrected chi connectivity index (χ2v) is 5.81. The average molecular weight is 310 g/mol. The van der Waals surface area contributed by atoms with Gasteiger partial charge in [-0.25, -0.2) is 0 Å². The van der Waals surface area contributed by atoms with Crippen molar-refractivity contribution in [2.24, 2.45) is 5.10 Å². The highest BCUT2D eigenvalue weighted by Gasteiger charge is 2.10. The summed E-state index contributed by atoms with van der Waals surface area (Å²) in [5.74, 6) is 0. The third kappa shape index (κ3) is 2.86. The molecule has 1 N–H and O–H groups in total. The summed E-state index contributed by atoms with van der Waals surface area (Å²) in [5, 5.41) is 6.93. The summed E-state index contributed by atoms with van der Waals surface area (Å²) in [7, 11) is 0. The maximum atomic E-state index is 4.47. The molecule has 0 atom stereocenters. The summed E-state index contributed by atoms with van der Waals surface area (Å²) in [4.78, 5) is 0. The van der Waals surface area contributed by atoms with E-state index in [2.05, 4.69) is 65.2 Å². The second kappa shape index (κ2) is 6.55. The van der Waals surface area contributed by atoms with E-state index < -0.39 is 0 Å². The van der Waals surface area contributed by atoms with E-state index in [1.54, 1.807) is 0 Å². The summed E-state index contributed by atoms with van der Waals surface area (Å²) in [6, 6.07) is 22.8. The number of hydrogen-bond acceptors (Lipinski definition) is 2. The number of fused-ring (bicyclic) bond motifs is 1. The number of benzene rings is 3. The van der Waals surface area contributed by atoms with Crippen LogP contribution in [0, 0.1) is 0 Å². The lowest BCUT2D eigenvalue weighted by Crippen LogP contribution is -1.96. The lowest BCUT2D eigenvalue weighted by atomic mass is 9.94. The number of hydrogen-bond donors (Lipinski definition) is 1. The monoisotopic (exact) mass is 310 g/mol. The first-order chi connectivity index (χ1) is 11.9. The highest BCUT2D eigenvalue weighted by atomic mass is 15.3. The molecule has 0 aromatic heterocycles. The van der Waals surface area contributed by atoms with Crippen molar-refractivity contribution in [2.75, 3.05) is 5.43 Å². The van der Waals surface area contributed by atoms with E-state index in [9.17, 15) is 0 Å². The van der Waals surface area contributed by atoms with Crippen LogP contribution >= 0.6 is 0 Å². The topological polar surface area (TPSA) is 24.4 Å². The van der Waals surface area contributed by atoms with Crippen LogP contribution in [0.1, 0.15) is 17.5 Å². The second-order valence-electron chi connectivity index (χ2n) is 5.81. The number of allylic oxidation sites excluding steroid dienone is 4. The standard InChI is InChI=1S/C22H18N2/c1-2-11-19(12-3-1)24-23-16-22-20-13-7-6-10-18(20)14-15-21(22)17-8-4-5-9-17/h1-8,10-16,24H,9H2/b23-16+. The highest BCUT2D eigenvalue weighted by molar-refractivity contribution is 6.04. The normalized spacial score (nSPS) is 13.6. The minimum atomic E-state index is 0.977. The van der Waals surface area contributed by atoms with E-state index in [0.29, 0.717) is 0 Å². The quantitative estimate of drug-likeness (QED) is 0.490. The molecule has 116 valence electrons. The van der Waals surface area contributed by atoms with Gasteiger partial charge < -0.3 is 0 Å². The van der Waals surface area contributed by atoms with Crippen LogP contribution in [0.5, 0.6) is 0 Å². The largest absolute Gasteiger partial charge is 0.279 e. The Morgan fingerprint density at radius 3 is 2.54 bits per heavy atom. The Morgan fingerprint density at radius 1 is 0.875 bits per heavy atom. The van der Waals surface area contributed by atoms with Gasteiger partial charge in [-0.15, -0.1) is 0 Å². The molecular weight excluding hydrogens is 292 g/mol.